The molecule has 0 fully saturated rings. The predicted octanol–water partition coefficient (Wildman–Crippen LogP) is 1.33. The van der Waals surface area contributed by atoms with E-state index in [4.69, 9.17) is 9.84 Å². The number of aliphatic hydroxyl groups is 1. The maximum Gasteiger partial charge on any atom is 0.245 e. The number of benzene rings is 2. The molecule has 4 heteroatoms. The number of nitrogens with one attached hydrogen (secondary N) is 1. The monoisotopic (exact) mass is 245 g/mol. The highest BCUT2D eigenvalue weighted by Crippen LogP contribution is 2.24. The molecule has 2 aromatic rings. The van der Waals surface area contributed by atoms with Crippen molar-refractivity contribution in [1.82, 2.24) is 5.32 Å². The summed E-state index contributed by atoms with van der Waals surface area (Å²) >= 11 is 0. The summed E-state index contributed by atoms with van der Waals surface area (Å²) in [4.78, 5) is 10.8. The number of ether oxygens (including phenoxy) is 1. The molecule has 0 aromatic heterocycles. The van der Waals surface area contributed by atoms with Crippen LogP contribution in [0.5, 0.6) is 5.75 Å². The number of hydrogen-bond donors (Lipinski definition) is 2. The number of amides is 1. The molecule has 4 nitrogen and oxygen atoms in total. The minimum absolute atomic E-state index is 0.375. The predicted molar refractivity (Wildman–Crippen MR) is 69.5 cm³/mol. The molecule has 2 rings (SSSR count). The molecule has 1 amide bonds. The van der Waals surface area contributed by atoms with E-state index in [0.29, 0.717) is 13.2 Å². The molecule has 0 heterocycles. The average Bonchev–Trinajstić information content (AvgIpc) is 2.43. The summed E-state index contributed by atoms with van der Waals surface area (Å²) in [6.07, 6.45) is 0. The van der Waals surface area contributed by atoms with E-state index in [1.807, 2.05) is 42.5 Å². The minimum atomic E-state index is -0.492. The van der Waals surface area contributed by atoms with Crippen molar-refractivity contribution in [2.24, 2.45) is 0 Å². The van der Waals surface area contributed by atoms with Gasteiger partial charge in [-0.25, -0.2) is 0 Å². The smallest absolute Gasteiger partial charge is 0.245 e. The minimum Gasteiger partial charge on any atom is -0.491 e. The Hall–Kier alpha value is -2.07. The largest absolute Gasteiger partial charge is 0.491 e. The first kappa shape index (κ1) is 12.4. The van der Waals surface area contributed by atoms with Crippen LogP contribution in [0.1, 0.15) is 0 Å². The van der Waals surface area contributed by atoms with Crippen LogP contribution < -0.4 is 10.1 Å². The Morgan fingerprint density at radius 1 is 1.17 bits per heavy atom. The first-order valence-corrected chi connectivity index (χ1v) is 5.79. The zero-order valence-electron chi connectivity index (χ0n) is 9.93. The Morgan fingerprint density at radius 3 is 2.78 bits per heavy atom. The van der Waals surface area contributed by atoms with Gasteiger partial charge in [-0.2, -0.15) is 0 Å². The second-order valence-electron chi connectivity index (χ2n) is 3.83. The van der Waals surface area contributed by atoms with Gasteiger partial charge in [-0.1, -0.05) is 36.4 Å². The number of hydrogen-bond acceptors (Lipinski definition) is 3. The van der Waals surface area contributed by atoms with Gasteiger partial charge in [0.15, 0.2) is 0 Å². The topological polar surface area (TPSA) is 58.6 Å². The van der Waals surface area contributed by atoms with Crippen molar-refractivity contribution >= 4 is 16.7 Å². The molecule has 94 valence electrons. The van der Waals surface area contributed by atoms with Crippen molar-refractivity contribution in [3.63, 3.8) is 0 Å². The van der Waals surface area contributed by atoms with Crippen LogP contribution >= 0.6 is 0 Å². The zero-order valence-corrected chi connectivity index (χ0v) is 9.93. The molecule has 18 heavy (non-hydrogen) atoms. The van der Waals surface area contributed by atoms with Gasteiger partial charge < -0.3 is 15.2 Å². The van der Waals surface area contributed by atoms with Gasteiger partial charge in [0.25, 0.3) is 0 Å². The lowest BCUT2D eigenvalue weighted by Gasteiger charge is -2.09. The lowest BCUT2D eigenvalue weighted by atomic mass is 10.1. The Morgan fingerprint density at radius 2 is 1.94 bits per heavy atom. The fourth-order valence-corrected chi connectivity index (χ4v) is 1.73. The number of fused-ring (bicyclic) bond motifs is 1. The van der Waals surface area contributed by atoms with Gasteiger partial charge in [-0.3, -0.25) is 4.79 Å². The van der Waals surface area contributed by atoms with Crippen LogP contribution in [0.2, 0.25) is 0 Å². The van der Waals surface area contributed by atoms with Gasteiger partial charge in [-0.15, -0.1) is 0 Å². The molecule has 0 aliphatic rings. The van der Waals surface area contributed by atoms with E-state index in [-0.39, 0.29) is 0 Å². The second-order valence-corrected chi connectivity index (χ2v) is 3.83. The fourth-order valence-electron chi connectivity index (χ4n) is 1.73. The number of rotatable bonds is 5. The average molecular weight is 245 g/mol. The van der Waals surface area contributed by atoms with Crippen LogP contribution in [-0.2, 0) is 4.79 Å². The van der Waals surface area contributed by atoms with E-state index in [0.717, 1.165) is 16.5 Å². The molecule has 0 bridgehead atoms. The van der Waals surface area contributed by atoms with Gasteiger partial charge in [0.2, 0.25) is 5.91 Å². The lowest BCUT2D eigenvalue weighted by molar-refractivity contribution is -0.123. The normalized spacial score (nSPS) is 10.3. The van der Waals surface area contributed by atoms with Crippen molar-refractivity contribution in [1.29, 1.82) is 0 Å². The highest BCUT2D eigenvalue weighted by molar-refractivity contribution is 5.88. The maximum atomic E-state index is 10.8. The first-order chi connectivity index (χ1) is 8.81. The van der Waals surface area contributed by atoms with Gasteiger partial charge in [0.05, 0.1) is 6.54 Å². The van der Waals surface area contributed by atoms with Crippen molar-refractivity contribution in [3.05, 3.63) is 42.5 Å². The Labute approximate surface area is 105 Å². The number of carbonyl (C=O) groups excluding carboxylic acids is 1. The third kappa shape index (κ3) is 2.99. The van der Waals surface area contributed by atoms with Crippen molar-refractivity contribution < 1.29 is 14.6 Å². The molecule has 0 aliphatic heterocycles. The molecule has 2 aromatic carbocycles. The second kappa shape index (κ2) is 6.02. The fraction of sp³-hybridized carbons (Fsp3) is 0.214. The van der Waals surface area contributed by atoms with E-state index in [2.05, 4.69) is 5.32 Å². The summed E-state index contributed by atoms with van der Waals surface area (Å²) < 4.78 is 5.62. The number of aliphatic hydroxyl groups excluding tert-OH is 1. The van der Waals surface area contributed by atoms with Gasteiger partial charge in [0, 0.05) is 5.39 Å². The van der Waals surface area contributed by atoms with Gasteiger partial charge in [0.1, 0.15) is 19.0 Å². The summed E-state index contributed by atoms with van der Waals surface area (Å²) in [5, 5.41) is 13.2. The van der Waals surface area contributed by atoms with Crippen LogP contribution in [0.4, 0.5) is 0 Å². The summed E-state index contributed by atoms with van der Waals surface area (Å²) in [5.41, 5.74) is 0. The van der Waals surface area contributed by atoms with Crippen molar-refractivity contribution in [2.45, 2.75) is 0 Å². The standard InChI is InChI=1S/C14H15NO3/c16-10-14(17)15-8-9-18-13-7-3-5-11-4-1-2-6-12(11)13/h1-7,16H,8-10H2,(H,15,17). The SMILES string of the molecule is O=C(CO)NCCOc1cccc2ccccc12. The van der Waals surface area contributed by atoms with E-state index >= 15 is 0 Å². The molecule has 0 atom stereocenters. The van der Waals surface area contributed by atoms with Crippen LogP contribution in [0.25, 0.3) is 10.8 Å². The van der Waals surface area contributed by atoms with E-state index in [9.17, 15) is 4.79 Å². The summed E-state index contributed by atoms with van der Waals surface area (Å²) in [5.74, 6) is 0.405. The van der Waals surface area contributed by atoms with Crippen LogP contribution in [-0.4, -0.2) is 30.8 Å². The molecular formula is C14H15NO3. The van der Waals surface area contributed by atoms with Crippen LogP contribution in [0.15, 0.2) is 42.5 Å². The summed E-state index contributed by atoms with van der Waals surface area (Å²) in [6.45, 7) is 0.261. The van der Waals surface area contributed by atoms with Gasteiger partial charge in [-0.05, 0) is 11.5 Å². The van der Waals surface area contributed by atoms with Gasteiger partial charge >= 0.3 is 0 Å². The molecular weight excluding hydrogens is 230 g/mol. The van der Waals surface area contributed by atoms with Crippen molar-refractivity contribution in [3.8, 4) is 5.75 Å². The Balaban J connectivity index is 1.97. The highest BCUT2D eigenvalue weighted by atomic mass is 16.5. The molecule has 2 N–H and O–H groups in total. The Bertz CT molecular complexity index is 534. The van der Waals surface area contributed by atoms with E-state index < -0.39 is 12.5 Å². The van der Waals surface area contributed by atoms with Crippen LogP contribution in [0, 0.1) is 0 Å². The summed E-state index contributed by atoms with van der Waals surface area (Å²) in [7, 11) is 0. The summed E-state index contributed by atoms with van der Waals surface area (Å²) in [6, 6.07) is 13.8. The molecule has 0 aliphatic carbocycles. The van der Waals surface area contributed by atoms with E-state index in [1.165, 1.54) is 0 Å². The van der Waals surface area contributed by atoms with Crippen LogP contribution in [0.3, 0.4) is 0 Å². The zero-order chi connectivity index (χ0) is 12.8. The third-order valence-corrected chi connectivity index (χ3v) is 2.58. The van der Waals surface area contributed by atoms with Crippen molar-refractivity contribution in [2.75, 3.05) is 19.8 Å². The lowest BCUT2D eigenvalue weighted by Crippen LogP contribution is -2.30. The molecule has 0 saturated carbocycles. The first-order valence-electron chi connectivity index (χ1n) is 5.79. The Kier molecular flexibility index (Phi) is 4.15. The van der Waals surface area contributed by atoms with E-state index in [1.54, 1.807) is 0 Å². The maximum absolute atomic E-state index is 10.8. The molecule has 0 saturated heterocycles. The molecule has 0 radical (unpaired) electrons. The quantitative estimate of drug-likeness (QED) is 0.781. The highest BCUT2D eigenvalue weighted by Gasteiger charge is 2.01. The third-order valence-electron chi connectivity index (χ3n) is 2.58. The number of carbonyl (C=O) groups is 1. The molecule has 0 spiro atoms. The molecule has 0 unspecified atom stereocenters.